The van der Waals surface area contributed by atoms with Crippen molar-refractivity contribution in [1.82, 2.24) is 0 Å². The second kappa shape index (κ2) is 7.08. The lowest BCUT2D eigenvalue weighted by molar-refractivity contribution is 0.601. The Morgan fingerprint density at radius 1 is 1.25 bits per heavy atom. The number of nitrogens with zero attached hydrogens (tertiary/aromatic N) is 2. The van der Waals surface area contributed by atoms with Crippen LogP contribution in [0.3, 0.4) is 0 Å². The molecular weight excluding hydrogens is 340 g/mol. The number of hydrogen-bond acceptors (Lipinski definition) is 5. The maximum atomic E-state index is 11.8. The number of rotatable bonds is 5. The van der Waals surface area contributed by atoms with E-state index < -0.39 is 9.84 Å². The average Bonchev–Trinajstić information content (AvgIpc) is 3.01. The molecule has 132 valence electrons. The lowest BCUT2D eigenvalue weighted by atomic mass is 10.0. The van der Waals surface area contributed by atoms with Crippen molar-refractivity contribution in [2.45, 2.75) is 50.8 Å². The molecule has 2 heterocycles. The van der Waals surface area contributed by atoms with Gasteiger partial charge in [-0.15, -0.1) is 0 Å². The van der Waals surface area contributed by atoms with Crippen LogP contribution in [-0.4, -0.2) is 42.9 Å². The van der Waals surface area contributed by atoms with Gasteiger partial charge in [-0.05, 0) is 30.0 Å². The van der Waals surface area contributed by atoms with Gasteiger partial charge in [0.15, 0.2) is 15.0 Å². The van der Waals surface area contributed by atoms with Crippen LogP contribution >= 0.6 is 11.8 Å². The molecule has 2 atom stereocenters. The molecule has 2 aliphatic heterocycles. The summed E-state index contributed by atoms with van der Waals surface area (Å²) in [7, 11) is -2.90. The first-order valence-electron chi connectivity index (χ1n) is 8.72. The molecule has 0 aromatic heterocycles. The molecule has 3 rings (SSSR count). The van der Waals surface area contributed by atoms with Gasteiger partial charge in [0.25, 0.3) is 0 Å². The van der Waals surface area contributed by atoms with Crippen LogP contribution in [-0.2, 0) is 9.84 Å². The number of benzene rings is 1. The number of anilines is 1. The van der Waals surface area contributed by atoms with Gasteiger partial charge < -0.3 is 4.90 Å². The smallest absolute Gasteiger partial charge is 0.164 e. The van der Waals surface area contributed by atoms with Crippen LogP contribution in [0.1, 0.15) is 45.1 Å². The van der Waals surface area contributed by atoms with Crippen molar-refractivity contribution < 1.29 is 8.42 Å². The summed E-state index contributed by atoms with van der Waals surface area (Å²) in [4.78, 5) is 7.03. The Morgan fingerprint density at radius 3 is 2.54 bits per heavy atom. The molecule has 0 saturated carbocycles. The molecule has 2 aliphatic rings. The van der Waals surface area contributed by atoms with Crippen molar-refractivity contribution >= 4 is 32.5 Å². The highest BCUT2D eigenvalue weighted by Crippen LogP contribution is 2.37. The van der Waals surface area contributed by atoms with Gasteiger partial charge in [0.2, 0.25) is 0 Å². The van der Waals surface area contributed by atoms with E-state index in [9.17, 15) is 8.42 Å². The van der Waals surface area contributed by atoms with Gasteiger partial charge in [-0.1, -0.05) is 51.1 Å². The van der Waals surface area contributed by atoms with Crippen LogP contribution in [0.4, 0.5) is 5.69 Å². The minimum atomic E-state index is -2.90. The van der Waals surface area contributed by atoms with E-state index in [1.54, 1.807) is 11.8 Å². The first kappa shape index (κ1) is 17.8. The second-order valence-corrected chi connectivity index (χ2v) is 10.3. The summed E-state index contributed by atoms with van der Waals surface area (Å²) in [6.07, 6.45) is 2.22. The summed E-state index contributed by atoms with van der Waals surface area (Å²) >= 11 is 1.64. The molecule has 1 saturated heterocycles. The van der Waals surface area contributed by atoms with Crippen LogP contribution in [0.25, 0.3) is 0 Å². The fourth-order valence-corrected chi connectivity index (χ4v) is 6.97. The molecule has 0 aliphatic carbocycles. The highest BCUT2D eigenvalue weighted by Gasteiger charge is 2.43. The Balaban J connectivity index is 1.82. The van der Waals surface area contributed by atoms with Crippen LogP contribution in [0, 0.1) is 0 Å². The SMILES string of the molecule is CCCCN(C1=N[C@@H]2CS(=O)(=O)C[C@H]2S1)c1ccc(C(C)C)cc1. The van der Waals surface area contributed by atoms with E-state index in [1.165, 1.54) is 5.56 Å². The third-order valence-electron chi connectivity index (χ3n) is 4.64. The number of aliphatic imine (C=N–C) groups is 1. The van der Waals surface area contributed by atoms with Crippen LogP contribution in [0.5, 0.6) is 0 Å². The van der Waals surface area contributed by atoms with E-state index in [2.05, 4.69) is 49.9 Å². The number of unbranched alkanes of at least 4 members (excludes halogenated alkanes) is 1. The number of thioether (sulfide) groups is 1. The molecule has 0 bridgehead atoms. The molecule has 24 heavy (non-hydrogen) atoms. The molecule has 4 nitrogen and oxygen atoms in total. The van der Waals surface area contributed by atoms with Crippen molar-refractivity contribution in [2.75, 3.05) is 23.0 Å². The highest BCUT2D eigenvalue weighted by molar-refractivity contribution is 8.15. The Hall–Kier alpha value is -1.01. The van der Waals surface area contributed by atoms with E-state index in [-0.39, 0.29) is 22.8 Å². The van der Waals surface area contributed by atoms with Gasteiger partial charge in [0.1, 0.15) is 0 Å². The summed E-state index contributed by atoms with van der Waals surface area (Å²) in [6, 6.07) is 8.64. The third-order valence-corrected chi connectivity index (χ3v) is 7.89. The monoisotopic (exact) mass is 366 g/mol. The number of fused-ring (bicyclic) bond motifs is 1. The van der Waals surface area contributed by atoms with E-state index >= 15 is 0 Å². The summed E-state index contributed by atoms with van der Waals surface area (Å²) < 4.78 is 23.5. The molecular formula is C18H26N2O2S2. The van der Waals surface area contributed by atoms with Crippen molar-refractivity contribution in [3.63, 3.8) is 0 Å². The Labute approximate surface area is 149 Å². The van der Waals surface area contributed by atoms with Crippen LogP contribution < -0.4 is 4.90 Å². The summed E-state index contributed by atoms with van der Waals surface area (Å²) in [5.74, 6) is 0.997. The topological polar surface area (TPSA) is 49.7 Å². The molecule has 0 amide bonds. The zero-order valence-corrected chi connectivity index (χ0v) is 16.2. The summed E-state index contributed by atoms with van der Waals surface area (Å²) in [5.41, 5.74) is 2.49. The maximum Gasteiger partial charge on any atom is 0.164 e. The Bertz CT molecular complexity index is 711. The lowest BCUT2D eigenvalue weighted by Crippen LogP contribution is -2.29. The fourth-order valence-electron chi connectivity index (χ4n) is 3.16. The van der Waals surface area contributed by atoms with Crippen molar-refractivity contribution in [2.24, 2.45) is 4.99 Å². The molecule has 0 radical (unpaired) electrons. The maximum absolute atomic E-state index is 11.8. The van der Waals surface area contributed by atoms with Crippen molar-refractivity contribution in [3.8, 4) is 0 Å². The van der Waals surface area contributed by atoms with E-state index in [4.69, 9.17) is 4.99 Å². The van der Waals surface area contributed by atoms with Gasteiger partial charge >= 0.3 is 0 Å². The largest absolute Gasteiger partial charge is 0.321 e. The molecule has 1 aromatic rings. The van der Waals surface area contributed by atoms with Crippen LogP contribution in [0.2, 0.25) is 0 Å². The first-order valence-corrected chi connectivity index (χ1v) is 11.4. The van der Waals surface area contributed by atoms with Crippen molar-refractivity contribution in [3.05, 3.63) is 29.8 Å². The van der Waals surface area contributed by atoms with Gasteiger partial charge in [0, 0.05) is 17.5 Å². The fraction of sp³-hybridized carbons (Fsp3) is 0.611. The summed E-state index contributed by atoms with van der Waals surface area (Å²) in [6.45, 7) is 7.51. The highest BCUT2D eigenvalue weighted by atomic mass is 32.2. The number of hydrogen-bond donors (Lipinski definition) is 0. The Morgan fingerprint density at radius 2 is 1.96 bits per heavy atom. The predicted octanol–water partition coefficient (Wildman–Crippen LogP) is 3.68. The first-order chi connectivity index (χ1) is 11.4. The lowest BCUT2D eigenvalue weighted by Gasteiger charge is -2.25. The summed E-state index contributed by atoms with van der Waals surface area (Å²) in [5, 5.41) is 1.09. The predicted molar refractivity (Wildman–Crippen MR) is 104 cm³/mol. The third kappa shape index (κ3) is 3.80. The van der Waals surface area contributed by atoms with Crippen molar-refractivity contribution in [1.29, 1.82) is 0 Å². The van der Waals surface area contributed by atoms with E-state index in [0.717, 1.165) is 30.2 Å². The number of amidine groups is 1. The molecule has 0 N–H and O–H groups in total. The molecule has 0 spiro atoms. The van der Waals surface area contributed by atoms with Gasteiger partial charge in [-0.2, -0.15) is 0 Å². The normalized spacial score (nSPS) is 24.9. The van der Waals surface area contributed by atoms with E-state index in [1.807, 2.05) is 0 Å². The molecule has 1 aromatic carbocycles. The minimum Gasteiger partial charge on any atom is -0.321 e. The molecule has 6 heteroatoms. The molecule has 1 fully saturated rings. The zero-order chi connectivity index (χ0) is 17.3. The van der Waals surface area contributed by atoms with Gasteiger partial charge in [-0.3, -0.25) is 4.99 Å². The molecule has 0 unspecified atom stereocenters. The second-order valence-electron chi connectivity index (χ2n) is 6.96. The van der Waals surface area contributed by atoms with Crippen LogP contribution in [0.15, 0.2) is 29.3 Å². The van der Waals surface area contributed by atoms with Gasteiger partial charge in [-0.25, -0.2) is 8.42 Å². The Kier molecular flexibility index (Phi) is 5.25. The standard InChI is InChI=1S/C18H26N2O2S2/c1-4-5-10-20(15-8-6-14(7-9-15)13(2)3)18-19-16-11-24(21,22)12-17(16)23-18/h6-9,13,16-17H,4-5,10-12H2,1-3H3/t16-,17-/m1/s1. The van der Waals surface area contributed by atoms with E-state index in [0.29, 0.717) is 5.92 Å². The minimum absolute atomic E-state index is 0.0611. The zero-order valence-electron chi connectivity index (χ0n) is 14.6. The average molecular weight is 367 g/mol. The number of sulfone groups is 1. The quantitative estimate of drug-likeness (QED) is 0.797. The van der Waals surface area contributed by atoms with Gasteiger partial charge in [0.05, 0.1) is 17.5 Å².